The Morgan fingerprint density at radius 1 is 1.16 bits per heavy atom. The third-order valence-electron chi connectivity index (χ3n) is 2.24. The van der Waals surface area contributed by atoms with Crippen molar-refractivity contribution < 1.29 is 4.79 Å². The minimum absolute atomic E-state index is 0.205. The molecule has 0 fully saturated rings. The van der Waals surface area contributed by atoms with E-state index < -0.39 is 0 Å². The second-order valence-electron chi connectivity index (χ2n) is 3.57. The van der Waals surface area contributed by atoms with Gasteiger partial charge in [0.15, 0.2) is 5.15 Å². The molecule has 0 saturated heterocycles. The van der Waals surface area contributed by atoms with E-state index in [4.69, 9.17) is 34.8 Å². The molecule has 0 radical (unpaired) electrons. The smallest absolute Gasteiger partial charge is 0.255 e. The lowest BCUT2D eigenvalue weighted by molar-refractivity contribution is 0.102. The van der Waals surface area contributed by atoms with Gasteiger partial charge in [-0.05, 0) is 40.2 Å². The zero-order valence-electron chi connectivity index (χ0n) is 9.25. The number of hydrogen-bond donors (Lipinski definition) is 1. The Morgan fingerprint density at radius 2 is 1.89 bits per heavy atom. The van der Waals surface area contributed by atoms with Crippen LogP contribution in [0.2, 0.25) is 15.2 Å². The van der Waals surface area contributed by atoms with Crippen LogP contribution in [0, 0.1) is 0 Å². The monoisotopic (exact) mass is 378 g/mol. The molecule has 3 nitrogen and oxygen atoms in total. The van der Waals surface area contributed by atoms with Crippen LogP contribution >= 0.6 is 50.7 Å². The third kappa shape index (κ3) is 3.60. The van der Waals surface area contributed by atoms with Crippen molar-refractivity contribution in [3.05, 3.63) is 55.7 Å². The predicted octanol–water partition coefficient (Wildman–Crippen LogP) is 5.06. The summed E-state index contributed by atoms with van der Waals surface area (Å²) in [6.07, 6.45) is 1.54. The number of nitrogens with one attached hydrogen (secondary N) is 1. The zero-order chi connectivity index (χ0) is 14.0. The Balaban J connectivity index is 2.25. The second-order valence-corrected chi connectivity index (χ2v) is 5.66. The van der Waals surface area contributed by atoms with Gasteiger partial charge in [-0.25, -0.2) is 4.98 Å². The molecule has 98 valence electrons. The highest BCUT2D eigenvalue weighted by molar-refractivity contribution is 9.10. The zero-order valence-corrected chi connectivity index (χ0v) is 13.1. The summed E-state index contributed by atoms with van der Waals surface area (Å²) in [5.74, 6) is -0.347. The summed E-state index contributed by atoms with van der Waals surface area (Å²) in [5.41, 5.74) is 0.789. The summed E-state index contributed by atoms with van der Waals surface area (Å²) in [7, 11) is 0. The summed E-state index contributed by atoms with van der Waals surface area (Å²) in [6, 6.07) is 6.27. The first-order valence-electron chi connectivity index (χ1n) is 5.05. The van der Waals surface area contributed by atoms with Gasteiger partial charge in [0, 0.05) is 16.2 Å². The largest absolute Gasteiger partial charge is 0.319 e. The number of benzene rings is 1. The average molecular weight is 380 g/mol. The van der Waals surface area contributed by atoms with Gasteiger partial charge in [-0.3, -0.25) is 4.79 Å². The first-order chi connectivity index (χ1) is 8.97. The van der Waals surface area contributed by atoms with Crippen molar-refractivity contribution >= 4 is 62.3 Å². The molecule has 7 heteroatoms. The van der Waals surface area contributed by atoms with Gasteiger partial charge in [-0.15, -0.1) is 0 Å². The minimum atomic E-state index is -0.347. The molecule has 1 N–H and O–H groups in total. The molecular weight excluding hydrogens is 374 g/mol. The van der Waals surface area contributed by atoms with Gasteiger partial charge in [-0.1, -0.05) is 34.8 Å². The third-order valence-corrected chi connectivity index (χ3v) is 3.71. The predicted molar refractivity (Wildman–Crippen MR) is 81.4 cm³/mol. The Hall–Kier alpha value is -0.810. The van der Waals surface area contributed by atoms with Crippen LogP contribution in [0.3, 0.4) is 0 Å². The molecule has 0 aliphatic heterocycles. The van der Waals surface area contributed by atoms with Gasteiger partial charge in [0.05, 0.1) is 15.7 Å². The standard InChI is InChI=1S/C12H6BrCl3N2O/c13-7-4-10(11(16)17-5-7)18-12(19)6-1-2-8(14)9(15)3-6/h1-5H,(H,18,19). The molecule has 0 atom stereocenters. The Kier molecular flexibility index (Phi) is 4.68. The van der Waals surface area contributed by atoms with Crippen molar-refractivity contribution in [2.24, 2.45) is 0 Å². The Morgan fingerprint density at radius 3 is 2.58 bits per heavy atom. The molecule has 1 aromatic heterocycles. The molecule has 2 aromatic rings. The van der Waals surface area contributed by atoms with Crippen LogP contribution in [0.5, 0.6) is 0 Å². The molecule has 0 aliphatic carbocycles. The molecule has 0 bridgehead atoms. The maximum Gasteiger partial charge on any atom is 0.255 e. The fraction of sp³-hybridized carbons (Fsp3) is 0. The van der Waals surface area contributed by atoms with E-state index >= 15 is 0 Å². The lowest BCUT2D eigenvalue weighted by Gasteiger charge is -2.07. The number of carbonyl (C=O) groups excluding carboxylic acids is 1. The van der Waals surface area contributed by atoms with Crippen molar-refractivity contribution in [1.82, 2.24) is 4.98 Å². The van der Waals surface area contributed by atoms with Crippen LogP contribution in [0.4, 0.5) is 5.69 Å². The Bertz CT molecular complexity index is 649. The van der Waals surface area contributed by atoms with E-state index in [9.17, 15) is 4.79 Å². The number of hydrogen-bond acceptors (Lipinski definition) is 2. The molecule has 0 aliphatic rings. The van der Waals surface area contributed by atoms with Crippen LogP contribution in [0.1, 0.15) is 10.4 Å². The quantitative estimate of drug-likeness (QED) is 0.740. The van der Waals surface area contributed by atoms with E-state index in [1.807, 2.05) is 0 Å². The number of aromatic nitrogens is 1. The molecule has 1 heterocycles. The normalized spacial score (nSPS) is 10.3. The number of halogens is 4. The lowest BCUT2D eigenvalue weighted by Crippen LogP contribution is -2.12. The molecule has 2 rings (SSSR count). The van der Waals surface area contributed by atoms with Gasteiger partial charge in [0.25, 0.3) is 5.91 Å². The second kappa shape index (κ2) is 6.09. The summed E-state index contributed by atoms with van der Waals surface area (Å²) in [4.78, 5) is 15.9. The first-order valence-corrected chi connectivity index (χ1v) is 6.97. The highest BCUT2D eigenvalue weighted by Crippen LogP contribution is 2.25. The highest BCUT2D eigenvalue weighted by atomic mass is 79.9. The van der Waals surface area contributed by atoms with Crippen molar-refractivity contribution in [2.75, 3.05) is 5.32 Å². The maximum absolute atomic E-state index is 12.0. The first kappa shape index (κ1) is 14.6. The van der Waals surface area contributed by atoms with Gasteiger partial charge >= 0.3 is 0 Å². The molecule has 1 amide bonds. The van der Waals surface area contributed by atoms with Crippen LogP contribution in [-0.4, -0.2) is 10.9 Å². The van der Waals surface area contributed by atoms with Gasteiger partial charge in [-0.2, -0.15) is 0 Å². The topological polar surface area (TPSA) is 42.0 Å². The van der Waals surface area contributed by atoms with E-state index in [2.05, 4.69) is 26.2 Å². The van der Waals surface area contributed by atoms with Crippen LogP contribution in [0.25, 0.3) is 0 Å². The van der Waals surface area contributed by atoms with Gasteiger partial charge < -0.3 is 5.32 Å². The number of amides is 1. The summed E-state index contributed by atoms with van der Waals surface area (Å²) < 4.78 is 0.710. The van der Waals surface area contributed by atoms with Gasteiger partial charge in [0.1, 0.15) is 0 Å². The number of anilines is 1. The molecular formula is C12H6BrCl3N2O. The van der Waals surface area contributed by atoms with Crippen LogP contribution in [-0.2, 0) is 0 Å². The number of pyridine rings is 1. The number of nitrogens with zero attached hydrogens (tertiary/aromatic N) is 1. The molecule has 0 saturated carbocycles. The molecule has 0 spiro atoms. The van der Waals surface area contributed by atoms with E-state index in [1.165, 1.54) is 12.3 Å². The SMILES string of the molecule is O=C(Nc1cc(Br)cnc1Cl)c1ccc(Cl)c(Cl)c1. The van der Waals surface area contributed by atoms with Crippen LogP contribution < -0.4 is 5.32 Å². The van der Waals surface area contributed by atoms with Crippen LogP contribution in [0.15, 0.2) is 34.9 Å². The minimum Gasteiger partial charge on any atom is -0.319 e. The number of rotatable bonds is 2. The Labute approximate surface area is 133 Å². The molecule has 19 heavy (non-hydrogen) atoms. The lowest BCUT2D eigenvalue weighted by atomic mass is 10.2. The van der Waals surface area contributed by atoms with Gasteiger partial charge in [0.2, 0.25) is 0 Å². The van der Waals surface area contributed by atoms with E-state index in [1.54, 1.807) is 18.2 Å². The van der Waals surface area contributed by atoms with E-state index in [0.29, 0.717) is 25.8 Å². The van der Waals surface area contributed by atoms with Crippen molar-refractivity contribution in [2.45, 2.75) is 0 Å². The fourth-order valence-electron chi connectivity index (χ4n) is 1.34. The maximum atomic E-state index is 12.0. The van der Waals surface area contributed by atoms with Crippen molar-refractivity contribution in [3.63, 3.8) is 0 Å². The molecule has 0 unspecified atom stereocenters. The van der Waals surface area contributed by atoms with Crippen molar-refractivity contribution in [3.8, 4) is 0 Å². The summed E-state index contributed by atoms with van der Waals surface area (Å²) in [6.45, 7) is 0. The highest BCUT2D eigenvalue weighted by Gasteiger charge is 2.11. The molecule has 1 aromatic carbocycles. The van der Waals surface area contributed by atoms with Crippen molar-refractivity contribution in [1.29, 1.82) is 0 Å². The van der Waals surface area contributed by atoms with E-state index in [-0.39, 0.29) is 11.1 Å². The summed E-state index contributed by atoms with van der Waals surface area (Å²) in [5, 5.41) is 3.56. The average Bonchev–Trinajstić information content (AvgIpc) is 2.37. The number of carbonyl (C=O) groups is 1. The fourth-order valence-corrected chi connectivity index (χ4v) is 2.12. The summed E-state index contributed by atoms with van der Waals surface area (Å²) >= 11 is 20.8. The van der Waals surface area contributed by atoms with E-state index in [0.717, 1.165) is 0 Å².